The number of carbonyl (C=O) groups excluding carboxylic acids is 2. The van der Waals surface area contributed by atoms with Crippen molar-refractivity contribution in [1.82, 2.24) is 10.2 Å². The normalized spacial score (nSPS) is 14.7. The average molecular weight is 410 g/mol. The summed E-state index contributed by atoms with van der Waals surface area (Å²) in [4.78, 5) is 23.7. The van der Waals surface area contributed by atoms with Crippen molar-refractivity contribution in [3.8, 4) is 0 Å². The Balaban J connectivity index is 1.39. The second kappa shape index (κ2) is 9.80. The second-order valence-corrected chi connectivity index (χ2v) is 8.44. The minimum Gasteiger partial charge on any atom is -0.457 e. The summed E-state index contributed by atoms with van der Waals surface area (Å²) in [6.07, 6.45) is 6.05. The third-order valence-electron chi connectivity index (χ3n) is 4.16. The average Bonchev–Trinajstić information content (AvgIpc) is 3.12. The molecule has 1 aliphatic carbocycles. The number of ketones is 1. The van der Waals surface area contributed by atoms with Crippen LogP contribution in [0.3, 0.4) is 0 Å². The van der Waals surface area contributed by atoms with Gasteiger partial charge in [-0.05, 0) is 25.0 Å². The van der Waals surface area contributed by atoms with Crippen molar-refractivity contribution in [3.05, 3.63) is 35.6 Å². The first-order valence-corrected chi connectivity index (χ1v) is 10.6. The van der Waals surface area contributed by atoms with Gasteiger partial charge in [-0.3, -0.25) is 9.59 Å². The Morgan fingerprint density at radius 3 is 2.85 bits per heavy atom. The molecule has 1 aliphatic rings. The molecule has 27 heavy (non-hydrogen) atoms. The minimum absolute atomic E-state index is 0.0362. The lowest BCUT2D eigenvalue weighted by atomic mass is 9.96. The van der Waals surface area contributed by atoms with Crippen molar-refractivity contribution >= 4 is 40.0 Å². The molecule has 3 rings (SSSR count). The van der Waals surface area contributed by atoms with E-state index in [4.69, 9.17) is 4.74 Å². The Labute approximate surface area is 164 Å². The molecule has 1 N–H and O–H groups in total. The highest BCUT2D eigenvalue weighted by atomic mass is 32.2. The van der Waals surface area contributed by atoms with Crippen LogP contribution in [-0.2, 0) is 9.53 Å². The quantitative estimate of drug-likeness (QED) is 0.402. The third-order valence-corrected chi connectivity index (χ3v) is 6.12. The van der Waals surface area contributed by atoms with Gasteiger partial charge in [0.25, 0.3) is 0 Å². The van der Waals surface area contributed by atoms with E-state index in [-0.39, 0.29) is 11.3 Å². The van der Waals surface area contributed by atoms with Crippen LogP contribution in [0.25, 0.3) is 0 Å². The van der Waals surface area contributed by atoms with Crippen molar-refractivity contribution in [1.29, 1.82) is 0 Å². The SMILES string of the molecule is O=C(CSc1nnc(NC2CCCCC2)s1)OCC(=O)c1cccc(F)c1. The summed E-state index contributed by atoms with van der Waals surface area (Å²) in [5.41, 5.74) is 0.179. The molecule has 9 heteroatoms. The summed E-state index contributed by atoms with van der Waals surface area (Å²) in [7, 11) is 0. The van der Waals surface area contributed by atoms with Crippen molar-refractivity contribution in [2.45, 2.75) is 42.5 Å². The summed E-state index contributed by atoms with van der Waals surface area (Å²) in [5.74, 6) is -1.43. The van der Waals surface area contributed by atoms with E-state index in [0.29, 0.717) is 10.4 Å². The topological polar surface area (TPSA) is 81.2 Å². The lowest BCUT2D eigenvalue weighted by Crippen LogP contribution is -2.21. The molecule has 1 saturated carbocycles. The standard InChI is InChI=1S/C18H20FN3O3S2/c19-13-6-4-5-12(9-13)15(23)10-25-16(24)11-26-18-22-21-17(27-18)20-14-7-2-1-3-8-14/h4-6,9,14H,1-3,7-8,10-11H2,(H,20,21). The van der Waals surface area contributed by atoms with E-state index in [0.717, 1.165) is 24.0 Å². The van der Waals surface area contributed by atoms with Crippen LogP contribution in [0.4, 0.5) is 9.52 Å². The smallest absolute Gasteiger partial charge is 0.316 e. The maximum absolute atomic E-state index is 13.1. The minimum atomic E-state index is -0.526. The zero-order chi connectivity index (χ0) is 19.1. The number of carbonyl (C=O) groups is 2. The van der Waals surface area contributed by atoms with Gasteiger partial charge in [0, 0.05) is 11.6 Å². The maximum Gasteiger partial charge on any atom is 0.316 e. The van der Waals surface area contributed by atoms with Gasteiger partial charge in [0.1, 0.15) is 5.82 Å². The Hall–Kier alpha value is -2.00. The van der Waals surface area contributed by atoms with Gasteiger partial charge in [-0.2, -0.15) is 0 Å². The first kappa shape index (κ1) is 19.8. The van der Waals surface area contributed by atoms with Crippen molar-refractivity contribution in [2.75, 3.05) is 17.7 Å². The molecule has 1 heterocycles. The molecule has 1 aromatic heterocycles. The van der Waals surface area contributed by atoms with E-state index in [9.17, 15) is 14.0 Å². The monoisotopic (exact) mass is 409 g/mol. The number of benzene rings is 1. The molecule has 0 spiro atoms. The second-order valence-electron chi connectivity index (χ2n) is 6.24. The molecule has 6 nitrogen and oxygen atoms in total. The highest BCUT2D eigenvalue weighted by Gasteiger charge is 2.16. The van der Waals surface area contributed by atoms with Crippen molar-refractivity contribution < 1.29 is 18.7 Å². The molecule has 2 aromatic rings. The van der Waals surface area contributed by atoms with E-state index in [1.54, 1.807) is 0 Å². The van der Waals surface area contributed by atoms with Gasteiger partial charge in [-0.15, -0.1) is 10.2 Å². The fraction of sp³-hybridized carbons (Fsp3) is 0.444. The maximum atomic E-state index is 13.1. The van der Waals surface area contributed by atoms with Crippen molar-refractivity contribution in [2.24, 2.45) is 0 Å². The third kappa shape index (κ3) is 6.28. The molecule has 0 aliphatic heterocycles. The Morgan fingerprint density at radius 1 is 1.26 bits per heavy atom. The molecule has 0 amide bonds. The lowest BCUT2D eigenvalue weighted by molar-refractivity contribution is -0.139. The number of anilines is 1. The van der Waals surface area contributed by atoms with Crippen LogP contribution < -0.4 is 5.32 Å². The van der Waals surface area contributed by atoms with Gasteiger partial charge >= 0.3 is 5.97 Å². The lowest BCUT2D eigenvalue weighted by Gasteiger charge is -2.21. The van der Waals surface area contributed by atoms with Crippen LogP contribution in [0, 0.1) is 5.82 Å². The molecule has 144 valence electrons. The van der Waals surface area contributed by atoms with Crippen LogP contribution in [-0.4, -0.2) is 40.4 Å². The number of hydrogen-bond acceptors (Lipinski definition) is 8. The number of esters is 1. The van der Waals surface area contributed by atoms with E-state index >= 15 is 0 Å². The number of nitrogens with one attached hydrogen (secondary N) is 1. The molecular weight excluding hydrogens is 389 g/mol. The summed E-state index contributed by atoms with van der Waals surface area (Å²) in [5, 5.41) is 12.3. The number of rotatable bonds is 8. The first-order valence-electron chi connectivity index (χ1n) is 8.77. The fourth-order valence-electron chi connectivity index (χ4n) is 2.80. The predicted octanol–water partition coefficient (Wildman–Crippen LogP) is 3.94. The van der Waals surface area contributed by atoms with Gasteiger partial charge in [-0.1, -0.05) is 54.5 Å². The molecule has 0 atom stereocenters. The van der Waals surface area contributed by atoms with Crippen LogP contribution in [0.2, 0.25) is 0 Å². The Bertz CT molecular complexity index is 794. The number of nitrogens with zero attached hydrogens (tertiary/aromatic N) is 2. The summed E-state index contributed by atoms with van der Waals surface area (Å²) >= 11 is 2.62. The van der Waals surface area contributed by atoms with Crippen LogP contribution in [0.1, 0.15) is 42.5 Å². The molecule has 0 radical (unpaired) electrons. The molecule has 0 bridgehead atoms. The number of ether oxygens (including phenoxy) is 1. The van der Waals surface area contributed by atoms with Gasteiger partial charge in [0.2, 0.25) is 5.13 Å². The van der Waals surface area contributed by atoms with Crippen molar-refractivity contribution in [3.63, 3.8) is 0 Å². The van der Waals surface area contributed by atoms with Crippen LogP contribution >= 0.6 is 23.1 Å². The van der Waals surface area contributed by atoms with Gasteiger partial charge in [-0.25, -0.2) is 4.39 Å². The number of hydrogen-bond donors (Lipinski definition) is 1. The fourth-order valence-corrected chi connectivity index (χ4v) is 4.43. The highest BCUT2D eigenvalue weighted by Crippen LogP contribution is 2.28. The Morgan fingerprint density at radius 2 is 2.07 bits per heavy atom. The van der Waals surface area contributed by atoms with Crippen LogP contribution in [0.5, 0.6) is 0 Å². The van der Waals surface area contributed by atoms with E-state index < -0.39 is 24.2 Å². The molecule has 0 unspecified atom stereocenters. The highest BCUT2D eigenvalue weighted by molar-refractivity contribution is 8.01. The van der Waals surface area contributed by atoms with Gasteiger partial charge in [0.05, 0.1) is 5.75 Å². The predicted molar refractivity (Wildman–Crippen MR) is 103 cm³/mol. The summed E-state index contributed by atoms with van der Waals surface area (Å²) in [6, 6.07) is 5.74. The Kier molecular flexibility index (Phi) is 7.17. The summed E-state index contributed by atoms with van der Waals surface area (Å²) < 4.78 is 18.7. The number of aromatic nitrogens is 2. The zero-order valence-electron chi connectivity index (χ0n) is 14.7. The van der Waals surface area contributed by atoms with Gasteiger partial charge in [0.15, 0.2) is 16.7 Å². The van der Waals surface area contributed by atoms with Crippen LogP contribution in [0.15, 0.2) is 28.6 Å². The van der Waals surface area contributed by atoms with E-state index in [1.807, 2.05) is 0 Å². The van der Waals surface area contributed by atoms with E-state index in [1.165, 1.54) is 60.6 Å². The summed E-state index contributed by atoms with van der Waals surface area (Å²) in [6.45, 7) is -0.409. The number of halogens is 1. The number of thioether (sulfide) groups is 1. The number of Topliss-reactive ketones (excluding diaryl/α,β-unsaturated/α-hetero) is 1. The largest absolute Gasteiger partial charge is 0.457 e. The molecule has 1 aromatic carbocycles. The molecular formula is C18H20FN3O3S2. The first-order chi connectivity index (χ1) is 13.1. The van der Waals surface area contributed by atoms with E-state index in [2.05, 4.69) is 15.5 Å². The zero-order valence-corrected chi connectivity index (χ0v) is 16.3. The molecule has 1 fully saturated rings. The van der Waals surface area contributed by atoms with Gasteiger partial charge < -0.3 is 10.1 Å². The molecule has 0 saturated heterocycles.